The monoisotopic (exact) mass is 923 g/mol. The molecule has 0 aromatic heterocycles. The SMILES string of the molecule is CC/C=C\C/C=C\C/C=C\C/C=C\C/C=C\C/C=C\CCC(=O)O[C@H](COC(=O)CC/C=C\C/C=C\C/C=C\C/C=C\C/C=C\CCCCC)COC(=O)CCCCCCC/C=C\CCCC. The Morgan fingerprint density at radius 2 is 0.627 bits per heavy atom. The van der Waals surface area contributed by atoms with Crippen LogP contribution in [-0.2, 0) is 28.6 Å². The summed E-state index contributed by atoms with van der Waals surface area (Å²) in [6.45, 7) is 6.29. The van der Waals surface area contributed by atoms with Gasteiger partial charge >= 0.3 is 17.9 Å². The van der Waals surface area contributed by atoms with Crippen LogP contribution >= 0.6 is 0 Å². The molecule has 6 heteroatoms. The Balaban J connectivity index is 4.64. The molecule has 0 amide bonds. The smallest absolute Gasteiger partial charge is 0.306 e. The Bertz CT molecular complexity index is 1530. The molecule has 0 aliphatic carbocycles. The zero-order valence-electron chi connectivity index (χ0n) is 42.6. The first-order valence-corrected chi connectivity index (χ1v) is 26.3. The van der Waals surface area contributed by atoms with Crippen molar-refractivity contribution < 1.29 is 28.6 Å². The first-order valence-electron chi connectivity index (χ1n) is 26.3. The van der Waals surface area contributed by atoms with Crippen LogP contribution < -0.4 is 0 Å². The molecule has 6 nitrogen and oxygen atoms in total. The number of carbonyl (C=O) groups is 3. The molecule has 0 unspecified atom stereocenters. The molecule has 0 saturated carbocycles. The second kappa shape index (κ2) is 53.9. The summed E-state index contributed by atoms with van der Waals surface area (Å²) in [7, 11) is 0. The standard InChI is InChI=1S/C61H94O6/c1-4-7-10-13-16-19-22-24-26-28-30-32-34-36-39-42-45-48-51-54-60(63)66-57-58(56-65-59(62)53-50-47-44-41-38-21-18-15-12-9-6-3)67-61(64)55-52-49-46-43-40-37-35-33-31-29-27-25-23-20-17-14-11-8-5-2/h8,11,15-20,24-27,30-33,36-37,39-40,45-46,48-49,58H,4-7,9-10,12-14,21-23,28-29,34-35,38,41-44,47,50-57H2,1-3H3/b11-8-,18-15-,19-16-,20-17-,26-24-,27-25-,32-30-,33-31-,39-36-,40-37-,48-45-,49-46-/t58-/m0/s1. The highest BCUT2D eigenvalue weighted by Crippen LogP contribution is 2.11. The van der Waals surface area contributed by atoms with Crippen LogP contribution in [0.2, 0.25) is 0 Å². The molecule has 0 aromatic carbocycles. The minimum atomic E-state index is -0.857. The second-order valence-corrected chi connectivity index (χ2v) is 16.7. The van der Waals surface area contributed by atoms with Crippen LogP contribution in [0.25, 0.3) is 0 Å². The maximum Gasteiger partial charge on any atom is 0.306 e. The summed E-state index contributed by atoms with van der Waals surface area (Å²) in [4.78, 5) is 37.9. The van der Waals surface area contributed by atoms with Crippen molar-refractivity contribution in [1.29, 1.82) is 0 Å². The van der Waals surface area contributed by atoms with E-state index in [0.29, 0.717) is 19.3 Å². The molecule has 0 saturated heterocycles. The van der Waals surface area contributed by atoms with Crippen molar-refractivity contribution in [2.24, 2.45) is 0 Å². The van der Waals surface area contributed by atoms with Crippen LogP contribution in [-0.4, -0.2) is 37.2 Å². The van der Waals surface area contributed by atoms with Gasteiger partial charge in [0.1, 0.15) is 13.2 Å². The Hall–Kier alpha value is -4.71. The number of esters is 3. The van der Waals surface area contributed by atoms with Crippen molar-refractivity contribution in [3.05, 3.63) is 146 Å². The Morgan fingerprint density at radius 1 is 0.313 bits per heavy atom. The summed E-state index contributed by atoms with van der Waals surface area (Å²) in [5.74, 6) is -1.13. The molecule has 0 spiro atoms. The van der Waals surface area contributed by atoms with Gasteiger partial charge in [-0.2, -0.15) is 0 Å². The number of hydrogen-bond acceptors (Lipinski definition) is 6. The molecule has 0 aliphatic heterocycles. The molecule has 0 aliphatic rings. The fourth-order valence-corrected chi connectivity index (χ4v) is 6.37. The molecule has 0 N–H and O–H groups in total. The van der Waals surface area contributed by atoms with Crippen LogP contribution in [0, 0.1) is 0 Å². The van der Waals surface area contributed by atoms with Gasteiger partial charge in [-0.05, 0) is 116 Å². The molecule has 1 atom stereocenters. The third kappa shape index (κ3) is 52.1. The molecule has 67 heavy (non-hydrogen) atoms. The summed E-state index contributed by atoms with van der Waals surface area (Å²) < 4.78 is 16.6. The van der Waals surface area contributed by atoms with Crippen molar-refractivity contribution in [3.63, 3.8) is 0 Å². The fourth-order valence-electron chi connectivity index (χ4n) is 6.37. The third-order valence-electron chi connectivity index (χ3n) is 10.3. The zero-order valence-corrected chi connectivity index (χ0v) is 42.6. The van der Waals surface area contributed by atoms with E-state index in [1.54, 1.807) is 0 Å². The molecule has 0 rings (SSSR count). The number of carbonyl (C=O) groups excluding carboxylic acids is 3. The summed E-state index contributed by atoms with van der Waals surface area (Å²) in [6, 6.07) is 0. The van der Waals surface area contributed by atoms with Gasteiger partial charge in [0.25, 0.3) is 0 Å². The fraction of sp³-hybridized carbons (Fsp3) is 0.557. The Morgan fingerprint density at radius 3 is 1.06 bits per heavy atom. The maximum absolute atomic E-state index is 12.8. The van der Waals surface area contributed by atoms with E-state index in [9.17, 15) is 14.4 Å². The largest absolute Gasteiger partial charge is 0.462 e. The first-order chi connectivity index (χ1) is 33.0. The average molecular weight is 923 g/mol. The average Bonchev–Trinajstić information content (AvgIpc) is 3.33. The van der Waals surface area contributed by atoms with E-state index in [-0.39, 0.29) is 38.0 Å². The molecule has 374 valence electrons. The minimum absolute atomic E-state index is 0.142. The summed E-state index contributed by atoms with van der Waals surface area (Å²) in [5.41, 5.74) is 0. The number of rotatable bonds is 45. The maximum atomic E-state index is 12.8. The van der Waals surface area contributed by atoms with Gasteiger partial charge in [-0.1, -0.05) is 212 Å². The number of hydrogen-bond donors (Lipinski definition) is 0. The van der Waals surface area contributed by atoms with E-state index in [2.05, 4.69) is 142 Å². The number of ether oxygens (including phenoxy) is 3. The highest BCUT2D eigenvalue weighted by Gasteiger charge is 2.19. The Labute approximate surface area is 410 Å². The van der Waals surface area contributed by atoms with Crippen molar-refractivity contribution in [1.82, 2.24) is 0 Å². The van der Waals surface area contributed by atoms with Gasteiger partial charge in [-0.3, -0.25) is 14.4 Å². The van der Waals surface area contributed by atoms with Gasteiger partial charge < -0.3 is 14.2 Å². The van der Waals surface area contributed by atoms with Gasteiger partial charge in [-0.15, -0.1) is 0 Å². The van der Waals surface area contributed by atoms with Gasteiger partial charge in [0.15, 0.2) is 6.10 Å². The van der Waals surface area contributed by atoms with E-state index >= 15 is 0 Å². The second-order valence-electron chi connectivity index (χ2n) is 16.7. The highest BCUT2D eigenvalue weighted by molar-refractivity contribution is 5.71. The number of unbranched alkanes of at least 4 members (excludes halogenated alkanes) is 10. The quantitative estimate of drug-likeness (QED) is 0.0262. The molecule has 0 heterocycles. The normalized spacial score (nSPS) is 13.3. The number of allylic oxidation sites excluding steroid dienone is 24. The predicted octanol–water partition coefficient (Wildman–Crippen LogP) is 17.6. The van der Waals surface area contributed by atoms with Crippen molar-refractivity contribution in [3.8, 4) is 0 Å². The van der Waals surface area contributed by atoms with Crippen LogP contribution in [0.3, 0.4) is 0 Å². The zero-order chi connectivity index (χ0) is 48.6. The van der Waals surface area contributed by atoms with Gasteiger partial charge in [-0.25, -0.2) is 0 Å². The molecule has 0 radical (unpaired) electrons. The van der Waals surface area contributed by atoms with E-state index in [4.69, 9.17) is 14.2 Å². The van der Waals surface area contributed by atoms with Crippen molar-refractivity contribution >= 4 is 17.9 Å². The van der Waals surface area contributed by atoms with Crippen molar-refractivity contribution in [2.45, 2.75) is 207 Å². The first kappa shape index (κ1) is 62.3. The van der Waals surface area contributed by atoms with E-state index < -0.39 is 12.1 Å². The van der Waals surface area contributed by atoms with E-state index in [1.807, 2.05) is 24.3 Å². The highest BCUT2D eigenvalue weighted by atomic mass is 16.6. The van der Waals surface area contributed by atoms with Crippen LogP contribution in [0.5, 0.6) is 0 Å². The third-order valence-corrected chi connectivity index (χ3v) is 10.3. The lowest BCUT2D eigenvalue weighted by molar-refractivity contribution is -0.166. The molecule has 0 aromatic rings. The topological polar surface area (TPSA) is 78.9 Å². The summed E-state index contributed by atoms with van der Waals surface area (Å²) >= 11 is 0. The van der Waals surface area contributed by atoms with Gasteiger partial charge in [0.05, 0.1) is 0 Å². The molecule has 0 bridgehead atoms. The molecular formula is C61H94O6. The van der Waals surface area contributed by atoms with Gasteiger partial charge in [0, 0.05) is 19.3 Å². The Kier molecular flexibility index (Phi) is 50.1. The lowest BCUT2D eigenvalue weighted by Crippen LogP contribution is -2.30. The lowest BCUT2D eigenvalue weighted by Gasteiger charge is -2.18. The summed E-state index contributed by atoms with van der Waals surface area (Å²) in [6.07, 6.45) is 77.1. The van der Waals surface area contributed by atoms with Crippen LogP contribution in [0.4, 0.5) is 0 Å². The molecular weight excluding hydrogens is 829 g/mol. The van der Waals surface area contributed by atoms with E-state index in [0.717, 1.165) is 103 Å². The van der Waals surface area contributed by atoms with Gasteiger partial charge in [0.2, 0.25) is 0 Å². The minimum Gasteiger partial charge on any atom is -0.462 e. The van der Waals surface area contributed by atoms with E-state index in [1.165, 1.54) is 44.9 Å². The van der Waals surface area contributed by atoms with Crippen molar-refractivity contribution in [2.75, 3.05) is 13.2 Å². The summed E-state index contributed by atoms with van der Waals surface area (Å²) in [5, 5.41) is 0. The lowest BCUT2D eigenvalue weighted by atomic mass is 10.1. The van der Waals surface area contributed by atoms with Crippen LogP contribution in [0.15, 0.2) is 146 Å². The molecule has 0 fully saturated rings. The predicted molar refractivity (Wildman–Crippen MR) is 288 cm³/mol. The van der Waals surface area contributed by atoms with Crippen LogP contribution in [0.1, 0.15) is 201 Å².